The van der Waals surface area contributed by atoms with Gasteiger partial charge in [0, 0.05) is 35.2 Å². The Morgan fingerprint density at radius 2 is 1.97 bits per heavy atom. The average Bonchev–Trinajstić information content (AvgIpc) is 3.63. The molecule has 0 bridgehead atoms. The van der Waals surface area contributed by atoms with Gasteiger partial charge in [0.1, 0.15) is 29.1 Å². The first-order valence-corrected chi connectivity index (χ1v) is 12.6. The van der Waals surface area contributed by atoms with Crippen LogP contribution in [-0.2, 0) is 16.6 Å². The van der Waals surface area contributed by atoms with E-state index in [0.717, 1.165) is 22.8 Å². The number of hydrogen-bond donors (Lipinski definition) is 2. The van der Waals surface area contributed by atoms with Crippen molar-refractivity contribution in [2.45, 2.75) is 38.5 Å². The fourth-order valence-electron chi connectivity index (χ4n) is 4.96. The summed E-state index contributed by atoms with van der Waals surface area (Å²) in [5.41, 5.74) is 2.57. The van der Waals surface area contributed by atoms with Gasteiger partial charge in [-0.1, -0.05) is 31.2 Å². The van der Waals surface area contributed by atoms with Gasteiger partial charge < -0.3 is 19.5 Å². The lowest BCUT2D eigenvalue weighted by molar-refractivity contribution is -0.107. The molecule has 0 radical (unpaired) electrons. The lowest BCUT2D eigenvalue weighted by Crippen LogP contribution is -2.25. The Morgan fingerprint density at radius 3 is 2.74 bits per heavy atom. The minimum Gasteiger partial charge on any atom is -0.454 e. The van der Waals surface area contributed by atoms with Gasteiger partial charge in [-0.2, -0.15) is 5.26 Å². The number of H-pyrrole nitrogens is 2. The highest BCUT2D eigenvalue weighted by molar-refractivity contribution is 5.85. The standard InChI is InChI=1S/C31H26F2N4O2/c1-3-31(18-34,21-8-4-6-20(14-21)7-5-13-38)28-17-36-30(37-28)24-15-22(9-10-25(24)32)39-29-19(2)23-11-12-35-27(23)16-26(29)33/h4,6,8-17,35H,3,5,7H2,1-2H3,(H,36,37). The number of rotatable bonds is 9. The summed E-state index contributed by atoms with van der Waals surface area (Å²) in [6, 6.07) is 17.3. The number of aldehydes is 1. The fourth-order valence-corrected chi connectivity index (χ4v) is 4.96. The van der Waals surface area contributed by atoms with Crippen molar-refractivity contribution in [1.82, 2.24) is 15.0 Å². The molecule has 2 N–H and O–H groups in total. The number of carbonyl (C=O) groups excluding carboxylic acids is 1. The van der Waals surface area contributed by atoms with Gasteiger partial charge in [0.05, 0.1) is 23.5 Å². The van der Waals surface area contributed by atoms with Crippen molar-refractivity contribution in [3.05, 3.63) is 101 Å². The number of benzene rings is 3. The molecular formula is C31H26F2N4O2. The quantitative estimate of drug-likeness (QED) is 0.198. The van der Waals surface area contributed by atoms with E-state index in [1.165, 1.54) is 30.5 Å². The zero-order valence-electron chi connectivity index (χ0n) is 21.5. The van der Waals surface area contributed by atoms with Crippen LogP contribution in [0.1, 0.15) is 42.1 Å². The lowest BCUT2D eigenvalue weighted by atomic mass is 9.76. The Morgan fingerprint density at radius 1 is 1.13 bits per heavy atom. The summed E-state index contributed by atoms with van der Waals surface area (Å²) in [4.78, 5) is 21.4. The zero-order chi connectivity index (χ0) is 27.6. The van der Waals surface area contributed by atoms with E-state index in [9.17, 15) is 18.8 Å². The van der Waals surface area contributed by atoms with Crippen LogP contribution < -0.4 is 4.74 Å². The monoisotopic (exact) mass is 524 g/mol. The summed E-state index contributed by atoms with van der Waals surface area (Å²) in [5.74, 6) is -0.562. The Bertz CT molecular complexity index is 1720. The molecule has 0 aliphatic carbocycles. The maximum Gasteiger partial charge on any atom is 0.168 e. The summed E-state index contributed by atoms with van der Waals surface area (Å²) in [7, 11) is 0. The Kier molecular flexibility index (Phi) is 6.99. The summed E-state index contributed by atoms with van der Waals surface area (Å²) in [6.07, 6.45) is 5.54. The van der Waals surface area contributed by atoms with Gasteiger partial charge in [0.25, 0.3) is 0 Å². The van der Waals surface area contributed by atoms with Crippen molar-refractivity contribution in [1.29, 1.82) is 5.26 Å². The first-order chi connectivity index (χ1) is 18.9. The van der Waals surface area contributed by atoms with Crippen LogP contribution in [0.5, 0.6) is 11.5 Å². The summed E-state index contributed by atoms with van der Waals surface area (Å²) >= 11 is 0. The third-order valence-corrected chi connectivity index (χ3v) is 7.15. The van der Waals surface area contributed by atoms with Crippen molar-refractivity contribution in [3.63, 3.8) is 0 Å². The molecule has 0 saturated carbocycles. The van der Waals surface area contributed by atoms with Crippen LogP contribution in [0.15, 0.2) is 67.0 Å². The molecule has 6 nitrogen and oxygen atoms in total. The van der Waals surface area contributed by atoms with E-state index < -0.39 is 17.0 Å². The van der Waals surface area contributed by atoms with Crippen LogP contribution in [0, 0.1) is 29.9 Å². The van der Waals surface area contributed by atoms with Crippen molar-refractivity contribution in [3.8, 4) is 29.0 Å². The predicted octanol–water partition coefficient (Wildman–Crippen LogP) is 7.29. The molecule has 0 spiro atoms. The molecule has 0 saturated heterocycles. The highest BCUT2D eigenvalue weighted by Gasteiger charge is 2.35. The third kappa shape index (κ3) is 4.68. The first kappa shape index (κ1) is 25.9. The van der Waals surface area contributed by atoms with E-state index in [1.54, 1.807) is 13.1 Å². The van der Waals surface area contributed by atoms with E-state index in [1.807, 2.05) is 37.3 Å². The highest BCUT2D eigenvalue weighted by atomic mass is 19.1. The predicted molar refractivity (Wildman–Crippen MR) is 145 cm³/mol. The second-order valence-electron chi connectivity index (χ2n) is 9.42. The molecule has 3 aromatic carbocycles. The molecule has 5 aromatic rings. The molecule has 0 amide bonds. The molecule has 196 valence electrons. The van der Waals surface area contributed by atoms with Gasteiger partial charge >= 0.3 is 0 Å². The van der Waals surface area contributed by atoms with Gasteiger partial charge in [-0.3, -0.25) is 0 Å². The molecule has 2 aromatic heterocycles. The zero-order valence-corrected chi connectivity index (χ0v) is 21.5. The number of aryl methyl sites for hydroxylation is 2. The van der Waals surface area contributed by atoms with Gasteiger partial charge in [0.15, 0.2) is 11.6 Å². The molecule has 0 aliphatic rings. The molecule has 1 unspecified atom stereocenters. The smallest absolute Gasteiger partial charge is 0.168 e. The topological polar surface area (TPSA) is 94.6 Å². The Hall–Kier alpha value is -4.77. The van der Waals surface area contributed by atoms with Crippen LogP contribution in [0.3, 0.4) is 0 Å². The highest BCUT2D eigenvalue weighted by Crippen LogP contribution is 2.38. The van der Waals surface area contributed by atoms with Crippen LogP contribution in [0.2, 0.25) is 0 Å². The summed E-state index contributed by atoms with van der Waals surface area (Å²) in [6.45, 7) is 3.66. The van der Waals surface area contributed by atoms with Crippen molar-refractivity contribution >= 4 is 17.2 Å². The second kappa shape index (κ2) is 10.5. The number of halogens is 2. The van der Waals surface area contributed by atoms with Crippen LogP contribution >= 0.6 is 0 Å². The second-order valence-corrected chi connectivity index (χ2v) is 9.42. The minimum atomic E-state index is -1.06. The molecule has 1 atom stereocenters. The van der Waals surface area contributed by atoms with Gasteiger partial charge in [0.2, 0.25) is 0 Å². The minimum absolute atomic E-state index is 0.0590. The molecule has 0 fully saturated rings. The number of aromatic amines is 2. The van der Waals surface area contributed by atoms with Crippen molar-refractivity contribution in [2.24, 2.45) is 0 Å². The maximum absolute atomic E-state index is 15.0. The van der Waals surface area contributed by atoms with Crippen LogP contribution in [-0.4, -0.2) is 21.2 Å². The van der Waals surface area contributed by atoms with Crippen LogP contribution in [0.4, 0.5) is 8.78 Å². The van der Waals surface area contributed by atoms with Crippen LogP contribution in [0.25, 0.3) is 22.3 Å². The van der Waals surface area contributed by atoms with Gasteiger partial charge in [-0.15, -0.1) is 0 Å². The van der Waals surface area contributed by atoms with E-state index in [2.05, 4.69) is 21.0 Å². The van der Waals surface area contributed by atoms with Crippen molar-refractivity contribution < 1.29 is 18.3 Å². The third-order valence-electron chi connectivity index (χ3n) is 7.15. The number of carbonyl (C=O) groups is 1. The molecule has 2 heterocycles. The normalized spacial score (nSPS) is 12.7. The number of hydrogen-bond acceptors (Lipinski definition) is 4. The van der Waals surface area contributed by atoms with Crippen molar-refractivity contribution in [2.75, 3.05) is 0 Å². The number of fused-ring (bicyclic) bond motifs is 1. The number of imidazole rings is 1. The molecule has 0 aliphatic heterocycles. The number of aromatic nitrogens is 3. The number of nitriles is 1. The number of ether oxygens (including phenoxy) is 1. The Labute approximate surface area is 224 Å². The fraction of sp³-hybridized carbons (Fsp3) is 0.194. The average molecular weight is 525 g/mol. The molecule has 8 heteroatoms. The van der Waals surface area contributed by atoms with E-state index in [0.29, 0.717) is 36.0 Å². The Balaban J connectivity index is 1.50. The van der Waals surface area contributed by atoms with E-state index in [-0.39, 0.29) is 22.9 Å². The summed E-state index contributed by atoms with van der Waals surface area (Å²) < 4.78 is 35.7. The van der Waals surface area contributed by atoms with Gasteiger partial charge in [-0.25, -0.2) is 13.8 Å². The largest absolute Gasteiger partial charge is 0.454 e. The van der Waals surface area contributed by atoms with Gasteiger partial charge in [-0.05, 0) is 55.2 Å². The molecule has 5 rings (SSSR count). The van der Waals surface area contributed by atoms with E-state index >= 15 is 0 Å². The lowest BCUT2D eigenvalue weighted by Gasteiger charge is -2.25. The van der Waals surface area contributed by atoms with E-state index in [4.69, 9.17) is 4.74 Å². The maximum atomic E-state index is 15.0. The SMILES string of the molecule is CCC(C#N)(c1cccc(CCC=O)c1)c1cnc(-c2cc(Oc3c(F)cc4[nH]ccc4c3C)ccc2F)[nH]1. The summed E-state index contributed by atoms with van der Waals surface area (Å²) in [5, 5.41) is 11.1. The molecular weight excluding hydrogens is 498 g/mol. The first-order valence-electron chi connectivity index (χ1n) is 12.6. The molecule has 39 heavy (non-hydrogen) atoms. The number of nitrogens with zero attached hydrogens (tertiary/aromatic N) is 2. The number of nitrogens with one attached hydrogen (secondary N) is 2.